The maximum Gasteiger partial charge on any atom is 0.219 e. The molecule has 1 aromatic heterocycles. The van der Waals surface area contributed by atoms with Crippen LogP contribution in [0, 0.1) is 13.8 Å². The van der Waals surface area contributed by atoms with Crippen LogP contribution in [0.3, 0.4) is 0 Å². The molecule has 0 spiro atoms. The molecule has 1 amide bonds. The molecule has 1 heterocycles. The van der Waals surface area contributed by atoms with Gasteiger partial charge in [0, 0.05) is 24.4 Å². The first kappa shape index (κ1) is 18.6. The van der Waals surface area contributed by atoms with Crippen LogP contribution in [0.2, 0.25) is 0 Å². The van der Waals surface area contributed by atoms with Crippen LogP contribution in [0.15, 0.2) is 23.4 Å². The maximum absolute atomic E-state index is 12.8. The number of carbonyl (C=O) groups excluding carboxylic acids is 2. The Hall–Kier alpha value is -2.15. The van der Waals surface area contributed by atoms with Gasteiger partial charge < -0.3 is 10.3 Å². The lowest BCUT2D eigenvalue weighted by Crippen LogP contribution is -2.18. The summed E-state index contributed by atoms with van der Waals surface area (Å²) < 4.78 is 1.96. The minimum Gasteiger partial charge on any atom is -0.370 e. The average Bonchev–Trinajstić information content (AvgIpc) is 3.36. The third-order valence-electron chi connectivity index (χ3n) is 4.71. The molecule has 26 heavy (non-hydrogen) atoms. The van der Waals surface area contributed by atoms with Gasteiger partial charge in [0.2, 0.25) is 5.91 Å². The maximum atomic E-state index is 12.8. The van der Waals surface area contributed by atoms with E-state index in [-0.39, 0.29) is 23.4 Å². The van der Waals surface area contributed by atoms with Gasteiger partial charge in [0.05, 0.1) is 5.25 Å². The Morgan fingerprint density at radius 3 is 2.62 bits per heavy atom. The van der Waals surface area contributed by atoms with Crippen molar-refractivity contribution in [1.82, 2.24) is 14.8 Å². The number of rotatable bonds is 8. The number of Topliss-reactive ketones (excluding diaryl/α,β-unsaturated/α-hetero) is 1. The molecule has 0 radical (unpaired) electrons. The lowest BCUT2D eigenvalue weighted by Gasteiger charge is -2.13. The zero-order valence-corrected chi connectivity index (χ0v) is 16.2. The second kappa shape index (κ2) is 7.61. The van der Waals surface area contributed by atoms with Gasteiger partial charge >= 0.3 is 0 Å². The Bertz CT molecular complexity index is 842. The molecule has 6 nitrogen and oxygen atoms in total. The van der Waals surface area contributed by atoms with Crippen molar-refractivity contribution in [1.29, 1.82) is 0 Å². The molecule has 1 atom stereocenters. The summed E-state index contributed by atoms with van der Waals surface area (Å²) in [4.78, 5) is 24.0. The van der Waals surface area contributed by atoms with Crippen LogP contribution in [-0.4, -0.2) is 31.7 Å². The van der Waals surface area contributed by atoms with Crippen molar-refractivity contribution in [3.8, 4) is 0 Å². The Morgan fingerprint density at radius 1 is 1.27 bits per heavy atom. The fourth-order valence-corrected chi connectivity index (χ4v) is 3.76. The zero-order chi connectivity index (χ0) is 18.8. The number of thioether (sulfide) groups is 1. The van der Waals surface area contributed by atoms with Crippen LogP contribution in [0.1, 0.15) is 59.4 Å². The Labute approximate surface area is 157 Å². The Morgan fingerprint density at radius 2 is 2.00 bits per heavy atom. The Balaban J connectivity index is 1.77. The zero-order valence-electron chi connectivity index (χ0n) is 15.4. The summed E-state index contributed by atoms with van der Waals surface area (Å²) in [6.07, 6.45) is 2.43. The molecule has 1 unspecified atom stereocenters. The van der Waals surface area contributed by atoms with Gasteiger partial charge in [-0.15, -0.1) is 10.2 Å². The quantitative estimate of drug-likeness (QED) is 0.568. The second-order valence-corrected chi connectivity index (χ2v) is 8.21. The number of ketones is 1. The highest BCUT2D eigenvalue weighted by Crippen LogP contribution is 2.40. The van der Waals surface area contributed by atoms with Gasteiger partial charge in [-0.3, -0.25) is 9.59 Å². The van der Waals surface area contributed by atoms with Crippen molar-refractivity contribution in [2.24, 2.45) is 5.73 Å². The topological polar surface area (TPSA) is 90.9 Å². The summed E-state index contributed by atoms with van der Waals surface area (Å²) >= 11 is 1.39. The fraction of sp³-hybridized carbons (Fsp3) is 0.474. The van der Waals surface area contributed by atoms with E-state index in [4.69, 9.17) is 5.73 Å². The molecular weight excluding hydrogens is 348 g/mol. The van der Waals surface area contributed by atoms with Gasteiger partial charge in [-0.2, -0.15) is 0 Å². The van der Waals surface area contributed by atoms with E-state index in [0.29, 0.717) is 23.2 Å². The second-order valence-electron chi connectivity index (χ2n) is 6.91. The minimum atomic E-state index is -0.351. The first-order valence-electron chi connectivity index (χ1n) is 8.86. The molecule has 0 aliphatic heterocycles. The standard InChI is InChI=1S/C19H24N4O2S/c1-11-4-5-15(10-12(11)2)17(25)13(3)26-19-22-21-18(14-6-7-14)23(19)9-8-16(20)24/h4-5,10,13-14H,6-9H2,1-3H3,(H2,20,24). The predicted octanol–water partition coefficient (Wildman–Crippen LogP) is 3.01. The van der Waals surface area contributed by atoms with Crippen LogP contribution in [0.4, 0.5) is 0 Å². The predicted molar refractivity (Wildman–Crippen MR) is 101 cm³/mol. The van der Waals surface area contributed by atoms with Crippen LogP contribution >= 0.6 is 11.8 Å². The summed E-state index contributed by atoms with van der Waals surface area (Å²) in [7, 11) is 0. The van der Waals surface area contributed by atoms with Gasteiger partial charge in [0.15, 0.2) is 10.9 Å². The van der Waals surface area contributed by atoms with Crippen molar-refractivity contribution in [2.75, 3.05) is 0 Å². The molecule has 1 aliphatic rings. The van der Waals surface area contributed by atoms with E-state index < -0.39 is 0 Å². The van der Waals surface area contributed by atoms with Gasteiger partial charge in [0.1, 0.15) is 5.82 Å². The molecule has 0 saturated heterocycles. The molecule has 1 aromatic carbocycles. The van der Waals surface area contributed by atoms with E-state index in [1.165, 1.54) is 17.3 Å². The molecule has 2 N–H and O–H groups in total. The molecule has 0 bridgehead atoms. The normalized spacial score (nSPS) is 15.0. The van der Waals surface area contributed by atoms with Crippen LogP contribution in [-0.2, 0) is 11.3 Å². The van der Waals surface area contributed by atoms with Crippen LogP contribution in [0.5, 0.6) is 0 Å². The molecule has 2 aromatic rings. The van der Waals surface area contributed by atoms with Crippen molar-refractivity contribution in [3.63, 3.8) is 0 Å². The molecule has 3 rings (SSSR count). The first-order valence-corrected chi connectivity index (χ1v) is 9.74. The highest BCUT2D eigenvalue weighted by molar-refractivity contribution is 8.00. The average molecular weight is 372 g/mol. The monoisotopic (exact) mass is 372 g/mol. The molecule has 1 aliphatic carbocycles. The SMILES string of the molecule is Cc1ccc(C(=O)C(C)Sc2nnc(C3CC3)n2CCC(N)=O)cc1C. The number of aryl methyl sites for hydroxylation is 2. The number of benzene rings is 1. The number of amides is 1. The third kappa shape index (κ3) is 4.15. The number of primary amides is 1. The van der Waals surface area contributed by atoms with Gasteiger partial charge in [-0.1, -0.05) is 23.9 Å². The van der Waals surface area contributed by atoms with Crippen LogP contribution < -0.4 is 5.73 Å². The van der Waals surface area contributed by atoms with E-state index in [1.54, 1.807) is 0 Å². The molecule has 1 fully saturated rings. The lowest BCUT2D eigenvalue weighted by molar-refractivity contribution is -0.118. The first-order chi connectivity index (χ1) is 12.4. The minimum absolute atomic E-state index is 0.0653. The summed E-state index contributed by atoms with van der Waals surface area (Å²) in [5.74, 6) is 1.03. The van der Waals surface area contributed by atoms with Gasteiger partial charge in [-0.25, -0.2) is 0 Å². The molecule has 138 valence electrons. The molecule has 1 saturated carbocycles. The summed E-state index contributed by atoms with van der Waals surface area (Å²) in [6.45, 7) is 6.38. The molecular formula is C19H24N4O2S. The number of nitrogens with zero attached hydrogens (tertiary/aromatic N) is 3. The summed E-state index contributed by atoms with van der Waals surface area (Å²) in [6, 6.07) is 5.78. The molecule has 7 heteroatoms. The van der Waals surface area contributed by atoms with Crippen molar-refractivity contribution in [3.05, 3.63) is 40.7 Å². The fourth-order valence-electron chi connectivity index (χ4n) is 2.80. The van der Waals surface area contributed by atoms with Crippen molar-refractivity contribution in [2.45, 2.75) is 62.9 Å². The summed E-state index contributed by atoms with van der Waals surface area (Å²) in [5.41, 5.74) is 8.28. The largest absolute Gasteiger partial charge is 0.370 e. The Kier molecular flexibility index (Phi) is 5.46. The number of carbonyl (C=O) groups is 2. The van der Waals surface area contributed by atoms with E-state index in [0.717, 1.165) is 24.2 Å². The smallest absolute Gasteiger partial charge is 0.219 e. The number of hydrogen-bond acceptors (Lipinski definition) is 5. The van der Waals surface area contributed by atoms with Gasteiger partial charge in [0.25, 0.3) is 0 Å². The number of aromatic nitrogens is 3. The highest BCUT2D eigenvalue weighted by Gasteiger charge is 2.31. The highest BCUT2D eigenvalue weighted by atomic mass is 32.2. The van der Waals surface area contributed by atoms with E-state index in [2.05, 4.69) is 10.2 Å². The van der Waals surface area contributed by atoms with Crippen molar-refractivity contribution >= 4 is 23.5 Å². The van der Waals surface area contributed by atoms with Gasteiger partial charge in [-0.05, 0) is 50.8 Å². The lowest BCUT2D eigenvalue weighted by atomic mass is 10.0. The van der Waals surface area contributed by atoms with E-state index in [1.807, 2.05) is 43.5 Å². The number of hydrogen-bond donors (Lipinski definition) is 1. The van der Waals surface area contributed by atoms with Crippen LogP contribution in [0.25, 0.3) is 0 Å². The summed E-state index contributed by atoms with van der Waals surface area (Å²) in [5, 5.41) is 8.96. The van der Waals surface area contributed by atoms with E-state index >= 15 is 0 Å². The van der Waals surface area contributed by atoms with E-state index in [9.17, 15) is 9.59 Å². The third-order valence-corrected chi connectivity index (χ3v) is 5.79. The van der Waals surface area contributed by atoms with Crippen molar-refractivity contribution < 1.29 is 9.59 Å². The number of nitrogens with two attached hydrogens (primary N) is 1.